The summed E-state index contributed by atoms with van der Waals surface area (Å²) in [7, 11) is 1.76. The van der Waals surface area contributed by atoms with Crippen LogP contribution in [0.25, 0.3) is 0 Å². The first-order valence-corrected chi connectivity index (χ1v) is 25.6. The first kappa shape index (κ1) is 49.1. The molecular formula is C53H77N7O6. The molecule has 360 valence electrons. The monoisotopic (exact) mass is 908 g/mol. The molecule has 3 aliphatic heterocycles. The molecule has 3 heterocycles. The quantitative estimate of drug-likeness (QED) is 0.154. The zero-order chi connectivity index (χ0) is 47.1. The van der Waals surface area contributed by atoms with E-state index in [-0.39, 0.29) is 65.5 Å². The molecule has 0 spiro atoms. The molecule has 2 aromatic rings. The minimum Gasteiger partial charge on any atom is -0.368 e. The van der Waals surface area contributed by atoms with Crippen LogP contribution < -0.4 is 25.8 Å². The van der Waals surface area contributed by atoms with Gasteiger partial charge in [-0.2, -0.15) is 0 Å². The first-order chi connectivity index (χ1) is 31.9. The Hall–Kier alpha value is -4.78. The summed E-state index contributed by atoms with van der Waals surface area (Å²) in [5.74, 6) is -0.732. The molecule has 4 amide bonds. The average molecular weight is 908 g/mol. The van der Waals surface area contributed by atoms with Crippen molar-refractivity contribution in [1.82, 2.24) is 25.8 Å². The highest BCUT2D eigenvalue weighted by Gasteiger charge is 2.41. The second-order valence-corrected chi connectivity index (χ2v) is 19.8. The molecular weight excluding hydrogens is 831 g/mol. The van der Waals surface area contributed by atoms with Crippen LogP contribution in [0.4, 0.5) is 11.4 Å². The van der Waals surface area contributed by atoms with Gasteiger partial charge in [0.15, 0.2) is 5.78 Å². The van der Waals surface area contributed by atoms with Crippen molar-refractivity contribution in [3.8, 4) is 0 Å². The summed E-state index contributed by atoms with van der Waals surface area (Å²) in [6, 6.07) is 11.1. The minimum absolute atomic E-state index is 0.0295. The molecule has 3 saturated heterocycles. The van der Waals surface area contributed by atoms with Crippen molar-refractivity contribution in [3.63, 3.8) is 0 Å². The number of nitrogens with one attached hydrogen (secondary N) is 3. The SMILES string of the molecule is CC[C@H](CC(=O)[C@H](C)NC)C(=O)N1CCC[C@H]1C(=O)C[C@@H]1CCCc2c1cccc2N1CCN(c2cccc3c2CCC[C@H]3NC(=O)[C@@H]2CCCN2C(=O)[C@H](CC)NC(=O)[C@H](C)CC)CC1. The Morgan fingerprint density at radius 3 is 1.86 bits per heavy atom. The van der Waals surface area contributed by atoms with Crippen molar-refractivity contribution in [2.45, 2.75) is 167 Å². The van der Waals surface area contributed by atoms with E-state index < -0.39 is 24.0 Å². The van der Waals surface area contributed by atoms with E-state index in [2.05, 4.69) is 62.1 Å². The number of nitrogens with zero attached hydrogens (tertiary/aromatic N) is 4. The van der Waals surface area contributed by atoms with Gasteiger partial charge in [-0.3, -0.25) is 28.8 Å². The maximum absolute atomic E-state index is 14.1. The average Bonchev–Trinajstić information content (AvgIpc) is 4.05. The Labute approximate surface area is 393 Å². The molecule has 8 atom stereocenters. The van der Waals surface area contributed by atoms with Crippen LogP contribution in [0.3, 0.4) is 0 Å². The van der Waals surface area contributed by atoms with Crippen LogP contribution >= 0.6 is 0 Å². The number of likely N-dealkylation sites (N-methyl/N-ethyl adjacent to an activating group) is 1. The third-order valence-corrected chi connectivity index (χ3v) is 15.8. The fraction of sp³-hybridized carbons (Fsp3) is 0.660. The lowest BCUT2D eigenvalue weighted by Gasteiger charge is -2.41. The number of anilines is 2. The molecule has 0 saturated carbocycles. The summed E-state index contributed by atoms with van der Waals surface area (Å²) in [5.41, 5.74) is 7.61. The van der Waals surface area contributed by atoms with E-state index in [0.717, 1.165) is 77.5 Å². The van der Waals surface area contributed by atoms with E-state index in [1.54, 1.807) is 16.8 Å². The van der Waals surface area contributed by atoms with Crippen LogP contribution in [-0.4, -0.2) is 115 Å². The number of Topliss-reactive ketones (excluding diaryl/α,β-unsaturated/α-hetero) is 2. The van der Waals surface area contributed by atoms with E-state index in [4.69, 9.17) is 0 Å². The largest absolute Gasteiger partial charge is 0.368 e. The number of carbonyl (C=O) groups excluding carboxylic acids is 6. The molecule has 66 heavy (non-hydrogen) atoms. The number of rotatable bonds is 18. The summed E-state index contributed by atoms with van der Waals surface area (Å²) in [4.78, 5) is 89.6. The van der Waals surface area contributed by atoms with E-state index in [9.17, 15) is 28.8 Å². The summed E-state index contributed by atoms with van der Waals surface area (Å²) in [6.45, 7) is 14.1. The number of amides is 4. The van der Waals surface area contributed by atoms with Crippen molar-refractivity contribution in [2.24, 2.45) is 11.8 Å². The lowest BCUT2D eigenvalue weighted by Crippen LogP contribution is -2.54. The van der Waals surface area contributed by atoms with Gasteiger partial charge >= 0.3 is 0 Å². The Morgan fingerprint density at radius 2 is 1.26 bits per heavy atom. The number of piperazine rings is 1. The third kappa shape index (κ3) is 10.7. The van der Waals surface area contributed by atoms with Gasteiger partial charge in [0.1, 0.15) is 17.9 Å². The summed E-state index contributed by atoms with van der Waals surface area (Å²) in [5, 5.41) is 9.31. The molecule has 13 nitrogen and oxygen atoms in total. The second kappa shape index (κ2) is 22.3. The zero-order valence-corrected chi connectivity index (χ0v) is 40.7. The van der Waals surface area contributed by atoms with Gasteiger partial charge in [-0.05, 0) is 138 Å². The van der Waals surface area contributed by atoms with Crippen LogP contribution in [0, 0.1) is 11.8 Å². The van der Waals surface area contributed by atoms with Gasteiger partial charge in [0.05, 0.1) is 18.1 Å². The molecule has 3 N–H and O–H groups in total. The molecule has 2 aromatic carbocycles. The van der Waals surface area contributed by atoms with Crippen LogP contribution in [0.5, 0.6) is 0 Å². The number of ketones is 2. The van der Waals surface area contributed by atoms with E-state index in [0.29, 0.717) is 51.6 Å². The number of benzene rings is 2. The normalized spacial score (nSPS) is 23.6. The van der Waals surface area contributed by atoms with Gasteiger partial charge in [0.2, 0.25) is 23.6 Å². The predicted octanol–water partition coefficient (Wildman–Crippen LogP) is 6.40. The summed E-state index contributed by atoms with van der Waals surface area (Å²) < 4.78 is 0. The maximum atomic E-state index is 14.1. The van der Waals surface area contributed by atoms with Crippen molar-refractivity contribution in [1.29, 1.82) is 0 Å². The number of hydrogen-bond donors (Lipinski definition) is 3. The third-order valence-electron chi connectivity index (χ3n) is 15.8. The summed E-state index contributed by atoms with van der Waals surface area (Å²) in [6.07, 6.45) is 11.0. The Bertz CT molecular complexity index is 1940. The van der Waals surface area contributed by atoms with Crippen molar-refractivity contribution in [2.75, 3.05) is 56.1 Å². The number of carbonyl (C=O) groups is 6. The van der Waals surface area contributed by atoms with Crippen molar-refractivity contribution >= 4 is 46.6 Å². The van der Waals surface area contributed by atoms with E-state index in [1.807, 2.05) is 34.6 Å². The molecule has 2 aliphatic carbocycles. The highest BCUT2D eigenvalue weighted by molar-refractivity contribution is 5.94. The van der Waals surface area contributed by atoms with Gasteiger partial charge in [-0.15, -0.1) is 0 Å². The molecule has 0 radical (unpaired) electrons. The molecule has 13 heteroatoms. The van der Waals surface area contributed by atoms with E-state index >= 15 is 0 Å². The molecule has 0 aromatic heterocycles. The van der Waals surface area contributed by atoms with Crippen LogP contribution in [-0.2, 0) is 41.6 Å². The Balaban J connectivity index is 0.974. The van der Waals surface area contributed by atoms with Gasteiger partial charge in [0.25, 0.3) is 0 Å². The van der Waals surface area contributed by atoms with Gasteiger partial charge in [0, 0.05) is 75.3 Å². The van der Waals surface area contributed by atoms with Crippen LogP contribution in [0.1, 0.15) is 152 Å². The highest BCUT2D eigenvalue weighted by Crippen LogP contribution is 2.41. The van der Waals surface area contributed by atoms with Crippen LogP contribution in [0.2, 0.25) is 0 Å². The second-order valence-electron chi connectivity index (χ2n) is 19.8. The lowest BCUT2D eigenvalue weighted by atomic mass is 9.78. The molecule has 7 rings (SSSR count). The lowest BCUT2D eigenvalue weighted by molar-refractivity contribution is -0.142. The molecule has 0 unspecified atom stereocenters. The maximum Gasteiger partial charge on any atom is 0.245 e. The number of hydrogen-bond acceptors (Lipinski definition) is 9. The van der Waals surface area contributed by atoms with Gasteiger partial charge in [-0.25, -0.2) is 0 Å². The highest BCUT2D eigenvalue weighted by atomic mass is 16.2. The molecule has 5 aliphatic rings. The topological polar surface area (TPSA) is 151 Å². The smallest absolute Gasteiger partial charge is 0.245 e. The fourth-order valence-electron chi connectivity index (χ4n) is 11.5. The number of fused-ring (bicyclic) bond motifs is 2. The standard InChI is InChI=1S/C53H77N7O6/c1-7-34(4)50(63)55-42(9-3)53(66)60-27-15-25-47(60)51(64)56-43-21-11-20-41-39(43)18-13-23-45(41)58-30-28-57(29-31-58)44-22-12-17-38-37(16-10-19-40(38)44)33-49(62)46-24-14-26-59(46)52(65)36(8-2)32-48(61)35(5)54-6/h12-13,17-18,22-23,34-37,42-43,46-47,54H,7-11,14-16,19-21,24-33H2,1-6H3,(H,55,63)(H,56,64)/t34-,35+,36-,37+,42+,43-,46+,47+/m1/s1. The Morgan fingerprint density at radius 1 is 0.667 bits per heavy atom. The fourth-order valence-corrected chi connectivity index (χ4v) is 11.5. The molecule has 3 fully saturated rings. The minimum atomic E-state index is -0.636. The first-order valence-electron chi connectivity index (χ1n) is 25.6. The Kier molecular flexibility index (Phi) is 16.6. The van der Waals surface area contributed by atoms with E-state index in [1.165, 1.54) is 33.6 Å². The zero-order valence-electron chi connectivity index (χ0n) is 40.7. The summed E-state index contributed by atoms with van der Waals surface area (Å²) >= 11 is 0. The van der Waals surface area contributed by atoms with Crippen molar-refractivity contribution < 1.29 is 28.8 Å². The van der Waals surface area contributed by atoms with Gasteiger partial charge in [-0.1, -0.05) is 52.0 Å². The molecule has 0 bridgehead atoms. The number of likely N-dealkylation sites (tertiary alicyclic amines) is 2. The van der Waals surface area contributed by atoms with Gasteiger partial charge < -0.3 is 35.6 Å². The predicted molar refractivity (Wildman–Crippen MR) is 260 cm³/mol. The van der Waals surface area contributed by atoms with Crippen molar-refractivity contribution in [3.05, 3.63) is 58.7 Å². The van der Waals surface area contributed by atoms with Crippen LogP contribution in [0.15, 0.2) is 36.4 Å².